The highest BCUT2D eigenvalue weighted by Crippen LogP contribution is 2.31. The molecule has 5 heteroatoms. The second kappa shape index (κ2) is 6.18. The number of aromatic nitrogens is 2. The molecule has 0 radical (unpaired) electrons. The molecule has 2 aromatic heterocycles. The quantitative estimate of drug-likeness (QED) is 0.843. The monoisotopic (exact) mass is 306 g/mol. The molecule has 0 aliphatic carbocycles. The maximum Gasteiger partial charge on any atom is 0.226 e. The van der Waals surface area contributed by atoms with Crippen LogP contribution in [0, 0.1) is 12.3 Å². The average molecular weight is 306 g/mol. The zero-order valence-electron chi connectivity index (χ0n) is 13.9. The zero-order chi connectivity index (χ0) is 15.6. The molecule has 4 nitrogen and oxygen atoms in total. The van der Waals surface area contributed by atoms with E-state index in [1.807, 2.05) is 0 Å². The minimum absolute atomic E-state index is 0.180. The lowest BCUT2D eigenvalue weighted by molar-refractivity contribution is 0.359. The van der Waals surface area contributed by atoms with Crippen LogP contribution < -0.4 is 10.6 Å². The van der Waals surface area contributed by atoms with Crippen molar-refractivity contribution in [3.05, 3.63) is 10.9 Å². The van der Waals surface area contributed by atoms with Crippen LogP contribution in [0.3, 0.4) is 0 Å². The van der Waals surface area contributed by atoms with Crippen LogP contribution in [0.1, 0.15) is 45.9 Å². The van der Waals surface area contributed by atoms with Crippen LogP contribution in [-0.4, -0.2) is 22.6 Å². The fraction of sp³-hybridized carbons (Fsp3) is 0.625. The molecule has 116 valence electrons. The predicted octanol–water partition coefficient (Wildman–Crippen LogP) is 4.67. The summed E-state index contributed by atoms with van der Waals surface area (Å²) in [6.45, 7) is 14.1. The summed E-state index contributed by atoms with van der Waals surface area (Å²) < 4.78 is 0. The Hall–Kier alpha value is -1.36. The van der Waals surface area contributed by atoms with E-state index in [9.17, 15) is 0 Å². The first-order valence-electron chi connectivity index (χ1n) is 7.60. The number of hydrogen-bond acceptors (Lipinski definition) is 5. The fourth-order valence-electron chi connectivity index (χ4n) is 1.89. The lowest BCUT2D eigenvalue weighted by Crippen LogP contribution is -2.31. The van der Waals surface area contributed by atoms with Crippen LogP contribution in [0.15, 0.2) is 6.07 Å². The van der Waals surface area contributed by atoms with Crippen LogP contribution in [0.2, 0.25) is 0 Å². The predicted molar refractivity (Wildman–Crippen MR) is 93.5 cm³/mol. The average Bonchev–Trinajstić information content (AvgIpc) is 2.75. The summed E-state index contributed by atoms with van der Waals surface area (Å²) in [5.74, 6) is 1.65. The second-order valence-corrected chi connectivity index (χ2v) is 7.87. The Morgan fingerprint density at radius 2 is 2.00 bits per heavy atom. The summed E-state index contributed by atoms with van der Waals surface area (Å²) in [4.78, 5) is 11.6. The van der Waals surface area contributed by atoms with Crippen LogP contribution in [0.5, 0.6) is 0 Å². The van der Waals surface area contributed by atoms with E-state index in [0.717, 1.165) is 34.9 Å². The van der Waals surface area contributed by atoms with Gasteiger partial charge in [0.25, 0.3) is 0 Å². The Morgan fingerprint density at radius 3 is 2.62 bits per heavy atom. The Balaban J connectivity index is 2.39. The number of thiophene rings is 1. The number of nitrogens with zero attached hydrogens (tertiary/aromatic N) is 2. The molecule has 0 fully saturated rings. The first kappa shape index (κ1) is 16.0. The molecule has 2 aromatic rings. The van der Waals surface area contributed by atoms with Gasteiger partial charge in [-0.25, -0.2) is 4.98 Å². The van der Waals surface area contributed by atoms with Crippen molar-refractivity contribution >= 4 is 33.3 Å². The van der Waals surface area contributed by atoms with Gasteiger partial charge in [-0.3, -0.25) is 0 Å². The lowest BCUT2D eigenvalue weighted by atomic mass is 9.88. The highest BCUT2D eigenvalue weighted by molar-refractivity contribution is 7.18. The summed E-state index contributed by atoms with van der Waals surface area (Å²) in [6, 6.07) is 2.50. The molecule has 1 unspecified atom stereocenters. The van der Waals surface area contributed by atoms with E-state index in [2.05, 4.69) is 68.2 Å². The van der Waals surface area contributed by atoms with Crippen LogP contribution >= 0.6 is 11.3 Å². The maximum atomic E-state index is 4.68. The minimum Gasteiger partial charge on any atom is -0.366 e. The molecule has 0 spiro atoms. The molecular formula is C16H26N4S. The molecule has 0 aliphatic rings. The van der Waals surface area contributed by atoms with Crippen LogP contribution in [-0.2, 0) is 0 Å². The topological polar surface area (TPSA) is 49.8 Å². The van der Waals surface area contributed by atoms with Gasteiger partial charge in [-0.15, -0.1) is 11.3 Å². The molecule has 2 rings (SSSR count). The number of rotatable bonds is 5. The van der Waals surface area contributed by atoms with Crippen LogP contribution in [0.4, 0.5) is 11.8 Å². The number of aryl methyl sites for hydroxylation is 1. The number of fused-ring (bicyclic) bond motifs is 1. The largest absolute Gasteiger partial charge is 0.366 e. The third-order valence-corrected chi connectivity index (χ3v) is 4.65. The summed E-state index contributed by atoms with van der Waals surface area (Å²) in [5.41, 5.74) is 0.180. The molecular weight excluding hydrogens is 280 g/mol. The molecule has 0 saturated carbocycles. The maximum absolute atomic E-state index is 4.68. The van der Waals surface area contributed by atoms with Crippen molar-refractivity contribution in [3.63, 3.8) is 0 Å². The van der Waals surface area contributed by atoms with Gasteiger partial charge in [0.1, 0.15) is 10.6 Å². The smallest absolute Gasteiger partial charge is 0.226 e. The zero-order valence-corrected chi connectivity index (χ0v) is 14.7. The van der Waals surface area contributed by atoms with Gasteiger partial charge in [-0.05, 0) is 31.7 Å². The highest BCUT2D eigenvalue weighted by Gasteiger charge is 2.21. The van der Waals surface area contributed by atoms with Gasteiger partial charge in [0, 0.05) is 17.5 Å². The molecule has 0 aliphatic heterocycles. The Labute approximate surface area is 131 Å². The van der Waals surface area contributed by atoms with E-state index in [1.54, 1.807) is 11.3 Å². The van der Waals surface area contributed by atoms with Gasteiger partial charge >= 0.3 is 0 Å². The third kappa shape index (κ3) is 3.84. The van der Waals surface area contributed by atoms with E-state index in [0.29, 0.717) is 6.04 Å². The molecule has 0 aromatic carbocycles. The van der Waals surface area contributed by atoms with Crippen LogP contribution in [0.25, 0.3) is 10.2 Å². The van der Waals surface area contributed by atoms with Crippen molar-refractivity contribution in [2.75, 3.05) is 17.2 Å². The summed E-state index contributed by atoms with van der Waals surface area (Å²) in [6.07, 6.45) is 1.06. The number of nitrogens with one attached hydrogen (secondary N) is 2. The van der Waals surface area contributed by atoms with Gasteiger partial charge in [-0.2, -0.15) is 4.98 Å². The molecule has 2 heterocycles. The second-order valence-electron chi connectivity index (χ2n) is 6.63. The fourth-order valence-corrected chi connectivity index (χ4v) is 2.77. The summed E-state index contributed by atoms with van der Waals surface area (Å²) in [5, 5.41) is 7.98. The van der Waals surface area contributed by atoms with Crippen molar-refractivity contribution in [2.24, 2.45) is 5.41 Å². The number of hydrogen-bond donors (Lipinski definition) is 2. The van der Waals surface area contributed by atoms with E-state index in [4.69, 9.17) is 0 Å². The summed E-state index contributed by atoms with van der Waals surface area (Å²) >= 11 is 1.72. The molecule has 21 heavy (non-hydrogen) atoms. The van der Waals surface area contributed by atoms with Gasteiger partial charge in [-0.1, -0.05) is 27.7 Å². The molecule has 1 atom stereocenters. The van der Waals surface area contributed by atoms with Crippen molar-refractivity contribution in [3.8, 4) is 0 Å². The van der Waals surface area contributed by atoms with Crippen molar-refractivity contribution < 1.29 is 0 Å². The van der Waals surface area contributed by atoms with Gasteiger partial charge < -0.3 is 10.6 Å². The standard InChI is InChI=1S/C16H26N4S/c1-7-8-17-15-19-13(18-11(3)16(4,5)6)12-9-10(2)21-14(12)20-15/h9,11H,7-8H2,1-6H3,(H2,17,18,19,20). The van der Waals surface area contributed by atoms with Crippen molar-refractivity contribution in [1.29, 1.82) is 0 Å². The number of anilines is 2. The van der Waals surface area contributed by atoms with Crippen molar-refractivity contribution in [1.82, 2.24) is 9.97 Å². The molecule has 0 bridgehead atoms. The molecule has 0 saturated heterocycles. The first-order valence-corrected chi connectivity index (χ1v) is 8.41. The first-order chi connectivity index (χ1) is 9.81. The minimum atomic E-state index is 0.180. The SMILES string of the molecule is CCCNc1nc(NC(C)C(C)(C)C)c2cc(C)sc2n1. The van der Waals surface area contributed by atoms with E-state index in [1.165, 1.54) is 4.88 Å². The lowest BCUT2D eigenvalue weighted by Gasteiger charge is -2.28. The normalized spacial score (nSPS) is 13.4. The van der Waals surface area contributed by atoms with E-state index >= 15 is 0 Å². The van der Waals surface area contributed by atoms with Crippen molar-refractivity contribution in [2.45, 2.75) is 54.0 Å². The summed E-state index contributed by atoms with van der Waals surface area (Å²) in [7, 11) is 0. The highest BCUT2D eigenvalue weighted by atomic mass is 32.1. The Morgan fingerprint density at radius 1 is 1.29 bits per heavy atom. The van der Waals surface area contributed by atoms with Gasteiger partial charge in [0.15, 0.2) is 0 Å². The van der Waals surface area contributed by atoms with E-state index in [-0.39, 0.29) is 5.41 Å². The third-order valence-electron chi connectivity index (χ3n) is 3.70. The van der Waals surface area contributed by atoms with Gasteiger partial charge in [0.05, 0.1) is 5.39 Å². The van der Waals surface area contributed by atoms with E-state index < -0.39 is 0 Å². The Kier molecular flexibility index (Phi) is 4.71. The Bertz CT molecular complexity index is 612. The molecule has 2 N–H and O–H groups in total. The molecule has 0 amide bonds. The van der Waals surface area contributed by atoms with Gasteiger partial charge in [0.2, 0.25) is 5.95 Å².